The molecule has 2 heterocycles. The Balaban J connectivity index is 1.39. The average Bonchev–Trinajstić information content (AvgIpc) is 3.24. The number of aliphatic carboxylic acids is 1. The Morgan fingerprint density at radius 3 is 2.53 bits per heavy atom. The van der Waals surface area contributed by atoms with Gasteiger partial charge in [-0.15, -0.1) is 0 Å². The molecule has 32 heavy (non-hydrogen) atoms. The van der Waals surface area contributed by atoms with E-state index in [4.69, 9.17) is 10.5 Å². The number of nitrogen functional groups attached to an aromatic ring is 1. The summed E-state index contributed by atoms with van der Waals surface area (Å²) in [5, 5.41) is 12.9. The SMILES string of the molecule is Nc1nc(Oc2ccc(NC(=O)C[C@@H](Cc3ccccc3)C(=O)O)cc2)c2cc[nH]c2n1. The zero-order valence-corrected chi connectivity index (χ0v) is 17.0. The molecular formula is C23H21N5O4. The van der Waals surface area contributed by atoms with Gasteiger partial charge < -0.3 is 25.9 Å². The number of anilines is 2. The number of nitrogens with two attached hydrogens (primary N) is 1. The summed E-state index contributed by atoms with van der Waals surface area (Å²) < 4.78 is 5.81. The van der Waals surface area contributed by atoms with Gasteiger partial charge in [-0.05, 0) is 42.3 Å². The van der Waals surface area contributed by atoms with Crippen molar-refractivity contribution in [3.63, 3.8) is 0 Å². The van der Waals surface area contributed by atoms with Crippen LogP contribution in [-0.2, 0) is 16.0 Å². The molecule has 0 radical (unpaired) electrons. The number of amides is 1. The second-order valence-electron chi connectivity index (χ2n) is 7.23. The number of nitrogens with zero attached hydrogens (tertiary/aromatic N) is 2. The molecule has 9 heteroatoms. The lowest BCUT2D eigenvalue weighted by Crippen LogP contribution is -2.24. The van der Waals surface area contributed by atoms with Crippen LogP contribution in [0.15, 0.2) is 66.9 Å². The molecule has 9 nitrogen and oxygen atoms in total. The van der Waals surface area contributed by atoms with Gasteiger partial charge in [-0.3, -0.25) is 9.59 Å². The third-order valence-corrected chi connectivity index (χ3v) is 4.86. The fourth-order valence-corrected chi connectivity index (χ4v) is 3.31. The zero-order valence-electron chi connectivity index (χ0n) is 17.0. The number of benzene rings is 2. The molecule has 5 N–H and O–H groups in total. The summed E-state index contributed by atoms with van der Waals surface area (Å²) in [5.41, 5.74) is 7.68. The van der Waals surface area contributed by atoms with E-state index in [0.29, 0.717) is 28.4 Å². The number of hydrogen-bond donors (Lipinski definition) is 4. The minimum atomic E-state index is -1.01. The number of carboxylic acid groups (broad SMARTS) is 1. The predicted octanol–water partition coefficient (Wildman–Crippen LogP) is 3.60. The molecular weight excluding hydrogens is 410 g/mol. The minimum absolute atomic E-state index is 0.0855. The van der Waals surface area contributed by atoms with Gasteiger partial charge >= 0.3 is 5.97 Å². The number of nitrogens with one attached hydrogen (secondary N) is 2. The van der Waals surface area contributed by atoms with Gasteiger partial charge in [0.15, 0.2) is 0 Å². The summed E-state index contributed by atoms with van der Waals surface area (Å²) in [5.74, 6) is -1.30. The fourth-order valence-electron chi connectivity index (χ4n) is 3.31. The lowest BCUT2D eigenvalue weighted by molar-refractivity contribution is -0.143. The van der Waals surface area contributed by atoms with E-state index < -0.39 is 11.9 Å². The normalized spacial score (nSPS) is 11.8. The van der Waals surface area contributed by atoms with Crippen LogP contribution in [-0.4, -0.2) is 31.9 Å². The molecule has 1 amide bonds. The molecule has 0 fully saturated rings. The molecule has 2 aromatic heterocycles. The highest BCUT2D eigenvalue weighted by Gasteiger charge is 2.22. The first kappa shape index (κ1) is 20.9. The van der Waals surface area contributed by atoms with Crippen LogP contribution >= 0.6 is 0 Å². The Kier molecular flexibility index (Phi) is 5.98. The number of aromatic nitrogens is 3. The topological polar surface area (TPSA) is 143 Å². The third kappa shape index (κ3) is 5.01. The molecule has 0 unspecified atom stereocenters. The van der Waals surface area contributed by atoms with E-state index in [1.807, 2.05) is 30.3 Å². The molecule has 1 atom stereocenters. The first-order valence-electron chi connectivity index (χ1n) is 9.93. The van der Waals surface area contributed by atoms with Gasteiger partial charge in [0.25, 0.3) is 0 Å². The summed E-state index contributed by atoms with van der Waals surface area (Å²) in [7, 11) is 0. The summed E-state index contributed by atoms with van der Waals surface area (Å²) in [6.45, 7) is 0. The number of carbonyl (C=O) groups is 2. The second kappa shape index (κ2) is 9.17. The largest absolute Gasteiger partial charge is 0.481 e. The maximum atomic E-state index is 12.4. The van der Waals surface area contributed by atoms with Crippen molar-refractivity contribution in [2.24, 2.45) is 5.92 Å². The molecule has 4 rings (SSSR count). The third-order valence-electron chi connectivity index (χ3n) is 4.86. The molecule has 2 aromatic carbocycles. The Morgan fingerprint density at radius 2 is 1.81 bits per heavy atom. The van der Waals surface area contributed by atoms with E-state index in [1.54, 1.807) is 36.5 Å². The number of ether oxygens (including phenoxy) is 1. The number of hydrogen-bond acceptors (Lipinski definition) is 6. The molecule has 0 saturated carbocycles. The number of rotatable bonds is 8. The number of aromatic amines is 1. The Bertz CT molecular complexity index is 1240. The van der Waals surface area contributed by atoms with Gasteiger partial charge in [0.2, 0.25) is 17.7 Å². The number of carboxylic acids is 1. The maximum absolute atomic E-state index is 12.4. The van der Waals surface area contributed by atoms with Crippen LogP contribution in [0.5, 0.6) is 11.6 Å². The van der Waals surface area contributed by atoms with Gasteiger partial charge in [0.05, 0.1) is 11.3 Å². The van der Waals surface area contributed by atoms with Crippen LogP contribution in [0, 0.1) is 5.92 Å². The molecule has 4 aromatic rings. The van der Waals surface area contributed by atoms with E-state index >= 15 is 0 Å². The van der Waals surface area contributed by atoms with Crippen molar-refractivity contribution >= 4 is 34.5 Å². The summed E-state index contributed by atoms with van der Waals surface area (Å²) >= 11 is 0. The van der Waals surface area contributed by atoms with Crippen LogP contribution in [0.3, 0.4) is 0 Å². The molecule has 0 bridgehead atoms. The van der Waals surface area contributed by atoms with Crippen molar-refractivity contribution in [1.29, 1.82) is 0 Å². The van der Waals surface area contributed by atoms with Gasteiger partial charge in [-0.25, -0.2) is 0 Å². The van der Waals surface area contributed by atoms with E-state index in [1.165, 1.54) is 0 Å². The Hall–Kier alpha value is -4.40. The van der Waals surface area contributed by atoms with Gasteiger partial charge in [-0.2, -0.15) is 9.97 Å². The van der Waals surface area contributed by atoms with Crippen molar-refractivity contribution in [2.75, 3.05) is 11.1 Å². The van der Waals surface area contributed by atoms with Crippen LogP contribution in [0.2, 0.25) is 0 Å². The van der Waals surface area contributed by atoms with Crippen molar-refractivity contribution in [1.82, 2.24) is 15.0 Å². The second-order valence-corrected chi connectivity index (χ2v) is 7.23. The van der Waals surface area contributed by atoms with Gasteiger partial charge in [0, 0.05) is 18.3 Å². The van der Waals surface area contributed by atoms with Gasteiger partial charge in [0.1, 0.15) is 11.4 Å². The van der Waals surface area contributed by atoms with Crippen LogP contribution in [0.4, 0.5) is 11.6 Å². The van der Waals surface area contributed by atoms with Crippen LogP contribution < -0.4 is 15.8 Å². The number of fused-ring (bicyclic) bond motifs is 1. The monoisotopic (exact) mass is 431 g/mol. The first-order valence-corrected chi connectivity index (χ1v) is 9.93. The van der Waals surface area contributed by atoms with Crippen molar-refractivity contribution in [3.8, 4) is 11.6 Å². The minimum Gasteiger partial charge on any atom is -0.481 e. The summed E-state index contributed by atoms with van der Waals surface area (Å²) in [6, 6.07) is 17.7. The standard InChI is InChI=1S/C23H21N5O4/c24-23-27-20-18(10-11-25-20)21(28-23)32-17-8-6-16(7-9-17)26-19(29)13-15(22(30)31)12-14-4-2-1-3-5-14/h1-11,15H,12-13H2,(H,26,29)(H,30,31)(H3,24,25,27,28)/t15-/m1/s1. The lowest BCUT2D eigenvalue weighted by atomic mass is 9.96. The number of H-pyrrole nitrogens is 1. The molecule has 0 aliphatic rings. The first-order chi connectivity index (χ1) is 15.5. The smallest absolute Gasteiger partial charge is 0.307 e. The predicted molar refractivity (Wildman–Crippen MR) is 119 cm³/mol. The average molecular weight is 431 g/mol. The van der Waals surface area contributed by atoms with Crippen molar-refractivity contribution < 1.29 is 19.4 Å². The lowest BCUT2D eigenvalue weighted by Gasteiger charge is -2.13. The maximum Gasteiger partial charge on any atom is 0.307 e. The summed E-state index contributed by atoms with van der Waals surface area (Å²) in [4.78, 5) is 35.2. The van der Waals surface area contributed by atoms with Crippen molar-refractivity contribution in [2.45, 2.75) is 12.8 Å². The van der Waals surface area contributed by atoms with Gasteiger partial charge in [-0.1, -0.05) is 30.3 Å². The van der Waals surface area contributed by atoms with E-state index in [9.17, 15) is 14.7 Å². The Labute approximate surface area is 183 Å². The number of carbonyl (C=O) groups excluding carboxylic acids is 1. The zero-order chi connectivity index (χ0) is 22.5. The Morgan fingerprint density at radius 1 is 1.06 bits per heavy atom. The molecule has 0 aliphatic heterocycles. The van der Waals surface area contributed by atoms with E-state index in [0.717, 1.165) is 5.56 Å². The molecule has 0 spiro atoms. The fraction of sp³-hybridized carbons (Fsp3) is 0.130. The van der Waals surface area contributed by atoms with Crippen LogP contribution in [0.1, 0.15) is 12.0 Å². The van der Waals surface area contributed by atoms with Crippen LogP contribution in [0.25, 0.3) is 11.0 Å². The highest BCUT2D eigenvalue weighted by atomic mass is 16.5. The van der Waals surface area contributed by atoms with E-state index in [-0.39, 0.29) is 24.7 Å². The van der Waals surface area contributed by atoms with Crippen molar-refractivity contribution in [3.05, 3.63) is 72.4 Å². The molecule has 162 valence electrons. The van der Waals surface area contributed by atoms with E-state index in [2.05, 4.69) is 20.3 Å². The summed E-state index contributed by atoms with van der Waals surface area (Å²) in [6.07, 6.45) is 1.87. The molecule has 0 aliphatic carbocycles. The quantitative estimate of drug-likeness (QED) is 0.334. The highest BCUT2D eigenvalue weighted by molar-refractivity contribution is 5.93. The highest BCUT2D eigenvalue weighted by Crippen LogP contribution is 2.28. The molecule has 0 saturated heterocycles.